The van der Waals surface area contributed by atoms with Crippen molar-refractivity contribution in [2.24, 2.45) is 0 Å². The van der Waals surface area contributed by atoms with Crippen LogP contribution in [-0.4, -0.2) is 47.6 Å². The van der Waals surface area contributed by atoms with Crippen LogP contribution in [0.2, 0.25) is 0 Å². The third kappa shape index (κ3) is 4.70. The van der Waals surface area contributed by atoms with E-state index in [1.165, 1.54) is 12.8 Å². The number of hydrogen-bond acceptors (Lipinski definition) is 4. The van der Waals surface area contributed by atoms with E-state index in [9.17, 15) is 4.79 Å². The van der Waals surface area contributed by atoms with Crippen molar-refractivity contribution in [2.75, 3.05) is 26.2 Å². The normalized spacial score (nSPS) is 17.4. The molecule has 22 heavy (non-hydrogen) atoms. The standard InChI is InChI=1S/C17H27N3O2/c1-4-22-16-8-5-7-14(19-16)13-15(21)18-10-12-20-11-6-9-17(20,2)3/h5,7-8H,4,6,9-13H2,1-3H3,(H,18,21). The summed E-state index contributed by atoms with van der Waals surface area (Å²) in [5, 5.41) is 2.99. The van der Waals surface area contributed by atoms with Crippen LogP contribution in [0, 0.1) is 0 Å². The summed E-state index contributed by atoms with van der Waals surface area (Å²) in [5.74, 6) is 0.588. The molecule has 0 aliphatic carbocycles. The van der Waals surface area contributed by atoms with Crippen molar-refractivity contribution in [3.63, 3.8) is 0 Å². The lowest BCUT2D eigenvalue weighted by molar-refractivity contribution is -0.120. The summed E-state index contributed by atoms with van der Waals surface area (Å²) >= 11 is 0. The molecule has 5 heteroatoms. The molecule has 1 amide bonds. The molecule has 0 radical (unpaired) electrons. The summed E-state index contributed by atoms with van der Waals surface area (Å²) in [4.78, 5) is 18.8. The third-order valence-electron chi connectivity index (χ3n) is 4.19. The van der Waals surface area contributed by atoms with Crippen LogP contribution in [0.4, 0.5) is 0 Å². The summed E-state index contributed by atoms with van der Waals surface area (Å²) in [5.41, 5.74) is 1.00. The second kappa shape index (κ2) is 7.58. The Bertz CT molecular complexity index is 502. The fourth-order valence-electron chi connectivity index (χ4n) is 2.92. The molecule has 2 heterocycles. The van der Waals surface area contributed by atoms with Gasteiger partial charge >= 0.3 is 0 Å². The van der Waals surface area contributed by atoms with Crippen LogP contribution >= 0.6 is 0 Å². The monoisotopic (exact) mass is 305 g/mol. The average Bonchev–Trinajstić information content (AvgIpc) is 2.79. The number of ether oxygens (including phenoxy) is 1. The molecule has 0 unspecified atom stereocenters. The van der Waals surface area contributed by atoms with Gasteiger partial charge in [0.15, 0.2) is 0 Å². The van der Waals surface area contributed by atoms with Gasteiger partial charge in [0.25, 0.3) is 0 Å². The van der Waals surface area contributed by atoms with E-state index in [0.29, 0.717) is 25.5 Å². The van der Waals surface area contributed by atoms with Crippen molar-refractivity contribution < 1.29 is 9.53 Å². The number of amides is 1. The molecule has 1 saturated heterocycles. The number of pyridine rings is 1. The molecule has 1 aliphatic rings. The van der Waals surface area contributed by atoms with Crippen LogP contribution < -0.4 is 10.1 Å². The summed E-state index contributed by atoms with van der Waals surface area (Å²) in [6.45, 7) is 9.75. The Balaban J connectivity index is 1.75. The van der Waals surface area contributed by atoms with E-state index < -0.39 is 0 Å². The van der Waals surface area contributed by atoms with Crippen molar-refractivity contribution in [3.05, 3.63) is 23.9 Å². The number of carbonyl (C=O) groups excluding carboxylic acids is 1. The van der Waals surface area contributed by atoms with Crippen molar-refractivity contribution in [1.29, 1.82) is 0 Å². The predicted molar refractivity (Wildman–Crippen MR) is 87.0 cm³/mol. The molecule has 0 saturated carbocycles. The van der Waals surface area contributed by atoms with Crippen LogP contribution in [0.3, 0.4) is 0 Å². The Morgan fingerprint density at radius 2 is 2.27 bits per heavy atom. The van der Waals surface area contributed by atoms with E-state index in [0.717, 1.165) is 18.8 Å². The molecule has 0 atom stereocenters. The highest BCUT2D eigenvalue weighted by molar-refractivity contribution is 5.78. The number of nitrogens with zero attached hydrogens (tertiary/aromatic N) is 2. The minimum absolute atomic E-state index is 0.0122. The molecule has 1 aliphatic heterocycles. The molecule has 5 nitrogen and oxygen atoms in total. The van der Waals surface area contributed by atoms with Crippen molar-refractivity contribution in [2.45, 2.75) is 45.6 Å². The minimum Gasteiger partial charge on any atom is -0.478 e. The van der Waals surface area contributed by atoms with E-state index in [1.807, 2.05) is 19.1 Å². The highest BCUT2D eigenvalue weighted by atomic mass is 16.5. The van der Waals surface area contributed by atoms with Crippen LogP contribution in [-0.2, 0) is 11.2 Å². The highest BCUT2D eigenvalue weighted by Gasteiger charge is 2.31. The lowest BCUT2D eigenvalue weighted by Crippen LogP contribution is -2.43. The minimum atomic E-state index is 0.0122. The molecule has 122 valence electrons. The third-order valence-corrected chi connectivity index (χ3v) is 4.19. The molecule has 1 aromatic heterocycles. The van der Waals surface area contributed by atoms with E-state index in [1.54, 1.807) is 6.07 Å². The van der Waals surface area contributed by atoms with Gasteiger partial charge in [-0.15, -0.1) is 0 Å². The molecular weight excluding hydrogens is 278 g/mol. The molecule has 1 aromatic rings. The Morgan fingerprint density at radius 3 is 2.95 bits per heavy atom. The fraction of sp³-hybridized carbons (Fsp3) is 0.647. The van der Waals surface area contributed by atoms with Crippen LogP contribution in [0.1, 0.15) is 39.3 Å². The van der Waals surface area contributed by atoms with Gasteiger partial charge in [0.2, 0.25) is 11.8 Å². The van der Waals surface area contributed by atoms with Crippen molar-refractivity contribution in [3.8, 4) is 5.88 Å². The Labute approximate surface area is 133 Å². The lowest BCUT2D eigenvalue weighted by Gasteiger charge is -2.31. The van der Waals surface area contributed by atoms with Gasteiger partial charge in [-0.1, -0.05) is 6.07 Å². The molecule has 1 N–H and O–H groups in total. The fourth-order valence-corrected chi connectivity index (χ4v) is 2.92. The first-order chi connectivity index (χ1) is 10.5. The zero-order valence-electron chi connectivity index (χ0n) is 13.9. The smallest absolute Gasteiger partial charge is 0.226 e. The Morgan fingerprint density at radius 1 is 1.45 bits per heavy atom. The molecular formula is C17H27N3O2. The average molecular weight is 305 g/mol. The summed E-state index contributed by atoms with van der Waals surface area (Å²) in [6, 6.07) is 5.53. The first-order valence-electron chi connectivity index (χ1n) is 8.12. The second-order valence-corrected chi connectivity index (χ2v) is 6.33. The van der Waals surface area contributed by atoms with E-state index in [-0.39, 0.29) is 11.4 Å². The van der Waals surface area contributed by atoms with Gasteiger partial charge in [0, 0.05) is 24.7 Å². The van der Waals surface area contributed by atoms with Crippen LogP contribution in [0.25, 0.3) is 0 Å². The maximum atomic E-state index is 12.0. The number of nitrogens with one attached hydrogen (secondary N) is 1. The molecule has 1 fully saturated rings. The van der Waals surface area contributed by atoms with Gasteiger partial charge in [0.1, 0.15) is 0 Å². The van der Waals surface area contributed by atoms with E-state index in [2.05, 4.69) is 29.0 Å². The van der Waals surface area contributed by atoms with Crippen LogP contribution in [0.5, 0.6) is 5.88 Å². The van der Waals surface area contributed by atoms with Gasteiger partial charge in [-0.3, -0.25) is 9.69 Å². The molecule has 0 aromatic carbocycles. The highest BCUT2D eigenvalue weighted by Crippen LogP contribution is 2.27. The van der Waals surface area contributed by atoms with Crippen molar-refractivity contribution in [1.82, 2.24) is 15.2 Å². The first-order valence-corrected chi connectivity index (χ1v) is 8.12. The second-order valence-electron chi connectivity index (χ2n) is 6.33. The largest absolute Gasteiger partial charge is 0.478 e. The molecule has 2 rings (SSSR count). The maximum absolute atomic E-state index is 12.0. The van der Waals surface area contributed by atoms with Gasteiger partial charge in [0.05, 0.1) is 18.7 Å². The van der Waals surface area contributed by atoms with Gasteiger partial charge in [-0.25, -0.2) is 4.98 Å². The van der Waals surface area contributed by atoms with Crippen molar-refractivity contribution >= 4 is 5.91 Å². The quantitative estimate of drug-likeness (QED) is 0.837. The topological polar surface area (TPSA) is 54.5 Å². The number of carbonyl (C=O) groups is 1. The lowest BCUT2D eigenvalue weighted by atomic mass is 10.0. The van der Waals surface area contributed by atoms with Gasteiger partial charge in [-0.05, 0) is 46.2 Å². The zero-order chi connectivity index (χ0) is 16.0. The summed E-state index contributed by atoms with van der Waals surface area (Å²) < 4.78 is 5.35. The maximum Gasteiger partial charge on any atom is 0.226 e. The molecule has 0 spiro atoms. The summed E-state index contributed by atoms with van der Waals surface area (Å²) in [7, 11) is 0. The summed E-state index contributed by atoms with van der Waals surface area (Å²) in [6.07, 6.45) is 2.77. The van der Waals surface area contributed by atoms with Gasteiger partial charge in [-0.2, -0.15) is 0 Å². The SMILES string of the molecule is CCOc1cccc(CC(=O)NCCN2CCCC2(C)C)n1. The number of likely N-dealkylation sites (tertiary alicyclic amines) is 1. The first kappa shape index (κ1) is 16.7. The predicted octanol–water partition coefficient (Wildman–Crippen LogP) is 2.01. The number of hydrogen-bond donors (Lipinski definition) is 1. The zero-order valence-corrected chi connectivity index (χ0v) is 13.9. The van der Waals surface area contributed by atoms with Crippen LogP contribution in [0.15, 0.2) is 18.2 Å². The number of rotatable bonds is 7. The van der Waals surface area contributed by atoms with E-state index >= 15 is 0 Å². The molecule has 0 bridgehead atoms. The Kier molecular flexibility index (Phi) is 5.77. The number of aromatic nitrogens is 1. The van der Waals surface area contributed by atoms with E-state index in [4.69, 9.17) is 4.74 Å². The van der Waals surface area contributed by atoms with Gasteiger partial charge < -0.3 is 10.1 Å². The Hall–Kier alpha value is -1.62.